The quantitative estimate of drug-likeness (QED) is 0.240. The first-order valence-electron chi connectivity index (χ1n) is 12.6. The molecule has 4 N–H and O–H groups in total. The van der Waals surface area contributed by atoms with Crippen LogP contribution in [0.4, 0.5) is 29.3 Å². The molecule has 0 spiro atoms. The molecule has 0 atom stereocenters. The van der Waals surface area contributed by atoms with Crippen LogP contribution in [0.2, 0.25) is 0 Å². The van der Waals surface area contributed by atoms with Gasteiger partial charge in [0.15, 0.2) is 5.82 Å². The van der Waals surface area contributed by atoms with E-state index in [9.17, 15) is 26.0 Å². The van der Waals surface area contributed by atoms with Crippen LogP contribution >= 0.6 is 0 Å². The van der Waals surface area contributed by atoms with Crippen LogP contribution in [-0.2, 0) is 16.6 Å². The molecular weight excluding hydrogens is 548 g/mol. The first kappa shape index (κ1) is 27.7. The normalized spacial score (nSPS) is 15.6. The average molecular weight is 575 g/mol. The molecule has 2 aromatic heterocycles. The van der Waals surface area contributed by atoms with Crippen LogP contribution < -0.4 is 15.8 Å². The largest absolute Gasteiger partial charge is 0.411 e. The lowest BCUT2D eigenvalue weighted by atomic mass is 9.81. The van der Waals surface area contributed by atoms with Gasteiger partial charge in [-0.25, -0.2) is 27.9 Å². The van der Waals surface area contributed by atoms with Gasteiger partial charge in [-0.15, -0.1) is 0 Å². The minimum Gasteiger partial charge on any atom is -0.354 e. The number of hydrogen-bond donors (Lipinski definition) is 3. The Morgan fingerprint density at radius 1 is 0.875 bits per heavy atom. The first-order valence-corrected chi connectivity index (χ1v) is 14.1. The lowest BCUT2D eigenvalue weighted by molar-refractivity contribution is -0.186. The summed E-state index contributed by atoms with van der Waals surface area (Å²) in [4.78, 5) is 13.4. The number of alkyl halides is 3. The molecule has 8 nitrogen and oxygen atoms in total. The van der Waals surface area contributed by atoms with E-state index < -0.39 is 27.6 Å². The number of nitrogens with one attached hydrogen (secondary N) is 2. The molecule has 1 fully saturated rings. The molecule has 4 aromatic rings. The maximum atomic E-state index is 14.4. The van der Waals surface area contributed by atoms with E-state index in [-0.39, 0.29) is 41.6 Å². The Labute approximate surface area is 228 Å². The van der Waals surface area contributed by atoms with Crippen LogP contribution in [-0.4, -0.2) is 35.1 Å². The standard InChI is InChI=1S/C27H26F4N6O2S/c28-19-8-6-18(7-9-19)21-12-13-22-23(34-21)24(37-26(27(29,30)31)14-2-1-3-15-26)36-25(35-22)33-16-17-4-10-20(11-5-17)40(32,38)39/h4-13H,1-3,14-16H2,(H2,32,38,39)(H2,33,35,36,37). The minimum atomic E-state index is -4.53. The van der Waals surface area contributed by atoms with Gasteiger partial charge in [-0.1, -0.05) is 31.4 Å². The fourth-order valence-corrected chi connectivity index (χ4v) is 5.32. The number of nitrogens with two attached hydrogens (primary N) is 1. The Morgan fingerprint density at radius 2 is 1.55 bits per heavy atom. The molecule has 2 aromatic carbocycles. The number of nitrogens with zero attached hydrogens (tertiary/aromatic N) is 3. The van der Waals surface area contributed by atoms with Gasteiger partial charge in [0, 0.05) is 12.1 Å². The zero-order chi connectivity index (χ0) is 28.5. The summed E-state index contributed by atoms with van der Waals surface area (Å²) in [6, 6.07) is 14.7. The average Bonchev–Trinajstić information content (AvgIpc) is 2.92. The molecule has 0 saturated heterocycles. The van der Waals surface area contributed by atoms with Crippen molar-refractivity contribution in [2.75, 3.05) is 10.6 Å². The summed E-state index contributed by atoms with van der Waals surface area (Å²) in [5.74, 6) is -0.426. The molecule has 210 valence electrons. The molecule has 1 saturated carbocycles. The van der Waals surface area contributed by atoms with E-state index in [1.54, 1.807) is 24.3 Å². The van der Waals surface area contributed by atoms with Crippen LogP contribution in [0.25, 0.3) is 22.3 Å². The van der Waals surface area contributed by atoms with E-state index in [1.807, 2.05) is 0 Å². The minimum absolute atomic E-state index is 0.0438. The number of primary sulfonamides is 1. The summed E-state index contributed by atoms with van der Waals surface area (Å²) in [5.41, 5.74) is -0.0137. The second-order valence-corrected chi connectivity index (χ2v) is 11.3. The summed E-state index contributed by atoms with van der Waals surface area (Å²) < 4.78 is 79.7. The summed E-state index contributed by atoms with van der Waals surface area (Å²) in [5, 5.41) is 10.8. The molecule has 0 radical (unpaired) electrons. The lowest BCUT2D eigenvalue weighted by Crippen LogP contribution is -2.53. The van der Waals surface area contributed by atoms with E-state index in [2.05, 4.69) is 25.6 Å². The zero-order valence-corrected chi connectivity index (χ0v) is 22.0. The second kappa shape index (κ2) is 10.6. The van der Waals surface area contributed by atoms with Crippen molar-refractivity contribution >= 4 is 32.8 Å². The smallest absolute Gasteiger partial charge is 0.354 e. The molecule has 0 aliphatic heterocycles. The van der Waals surface area contributed by atoms with E-state index >= 15 is 0 Å². The van der Waals surface area contributed by atoms with Gasteiger partial charge in [-0.2, -0.15) is 18.2 Å². The predicted molar refractivity (Wildman–Crippen MR) is 143 cm³/mol. The lowest BCUT2D eigenvalue weighted by Gasteiger charge is -2.40. The molecule has 40 heavy (non-hydrogen) atoms. The third-order valence-electron chi connectivity index (χ3n) is 6.99. The predicted octanol–water partition coefficient (Wildman–Crippen LogP) is 5.77. The van der Waals surface area contributed by atoms with Crippen LogP contribution in [0.3, 0.4) is 0 Å². The van der Waals surface area contributed by atoms with Crippen LogP contribution in [0, 0.1) is 5.82 Å². The van der Waals surface area contributed by atoms with Crippen molar-refractivity contribution < 1.29 is 26.0 Å². The zero-order valence-electron chi connectivity index (χ0n) is 21.2. The van der Waals surface area contributed by atoms with Gasteiger partial charge in [0.1, 0.15) is 16.9 Å². The monoisotopic (exact) mass is 574 g/mol. The van der Waals surface area contributed by atoms with Gasteiger partial charge in [-0.05, 0) is 66.9 Å². The van der Waals surface area contributed by atoms with Crippen molar-refractivity contribution in [2.24, 2.45) is 5.14 Å². The van der Waals surface area contributed by atoms with E-state index in [0.717, 1.165) is 0 Å². The number of pyridine rings is 1. The fraction of sp³-hybridized carbons (Fsp3) is 0.296. The van der Waals surface area contributed by atoms with Gasteiger partial charge in [0.25, 0.3) is 0 Å². The molecule has 5 rings (SSSR count). The van der Waals surface area contributed by atoms with Crippen LogP contribution in [0.1, 0.15) is 37.7 Å². The van der Waals surface area contributed by atoms with Gasteiger partial charge >= 0.3 is 6.18 Å². The van der Waals surface area contributed by atoms with E-state index in [0.29, 0.717) is 41.6 Å². The number of benzene rings is 2. The maximum absolute atomic E-state index is 14.4. The molecule has 1 aliphatic rings. The molecule has 2 heterocycles. The van der Waals surface area contributed by atoms with Crippen LogP contribution in [0.15, 0.2) is 65.6 Å². The highest BCUT2D eigenvalue weighted by Gasteiger charge is 2.55. The Morgan fingerprint density at radius 3 is 2.17 bits per heavy atom. The Bertz CT molecular complexity index is 1620. The SMILES string of the molecule is NS(=O)(=O)c1ccc(CNc2nc(NC3(C(F)(F)F)CCCCC3)c3nc(-c4ccc(F)cc4)ccc3n2)cc1. The van der Waals surface area contributed by atoms with Crippen LogP contribution in [0.5, 0.6) is 0 Å². The van der Waals surface area contributed by atoms with Crippen molar-refractivity contribution in [3.8, 4) is 11.3 Å². The highest BCUT2D eigenvalue weighted by Crippen LogP contribution is 2.44. The number of rotatable bonds is 7. The number of hydrogen-bond acceptors (Lipinski definition) is 7. The van der Waals surface area contributed by atoms with Crippen molar-refractivity contribution in [1.29, 1.82) is 0 Å². The molecule has 0 unspecified atom stereocenters. The Balaban J connectivity index is 1.53. The summed E-state index contributed by atoms with van der Waals surface area (Å²) in [6.45, 7) is 0.168. The van der Waals surface area contributed by atoms with Gasteiger partial charge in [-0.3, -0.25) is 0 Å². The summed E-state index contributed by atoms with van der Waals surface area (Å²) in [7, 11) is -3.85. The molecule has 0 bridgehead atoms. The number of fused-ring (bicyclic) bond motifs is 1. The topological polar surface area (TPSA) is 123 Å². The van der Waals surface area contributed by atoms with Crippen molar-refractivity contribution in [3.63, 3.8) is 0 Å². The highest BCUT2D eigenvalue weighted by molar-refractivity contribution is 7.89. The highest BCUT2D eigenvalue weighted by atomic mass is 32.2. The molecule has 0 amide bonds. The number of halogens is 4. The molecule has 1 aliphatic carbocycles. The van der Waals surface area contributed by atoms with Crippen molar-refractivity contribution in [2.45, 2.75) is 55.3 Å². The van der Waals surface area contributed by atoms with E-state index in [1.165, 1.54) is 36.4 Å². The Kier molecular flexibility index (Phi) is 7.36. The van der Waals surface area contributed by atoms with Gasteiger partial charge < -0.3 is 10.6 Å². The molecular formula is C27H26F4N6O2S. The molecule has 13 heteroatoms. The van der Waals surface area contributed by atoms with Crippen molar-refractivity contribution in [3.05, 3.63) is 72.0 Å². The van der Waals surface area contributed by atoms with Gasteiger partial charge in [0.2, 0.25) is 16.0 Å². The third-order valence-corrected chi connectivity index (χ3v) is 7.92. The fourth-order valence-electron chi connectivity index (χ4n) is 4.80. The second-order valence-electron chi connectivity index (χ2n) is 9.77. The van der Waals surface area contributed by atoms with Crippen molar-refractivity contribution in [1.82, 2.24) is 15.0 Å². The van der Waals surface area contributed by atoms with Gasteiger partial charge in [0.05, 0.1) is 16.1 Å². The Hall–Kier alpha value is -3.84. The summed E-state index contributed by atoms with van der Waals surface area (Å²) >= 11 is 0. The summed E-state index contributed by atoms with van der Waals surface area (Å²) in [6.07, 6.45) is -3.17. The number of aromatic nitrogens is 3. The van der Waals surface area contributed by atoms with E-state index in [4.69, 9.17) is 5.14 Å². The number of sulfonamides is 1. The third kappa shape index (κ3) is 5.85. The number of anilines is 2. The maximum Gasteiger partial charge on any atom is 0.411 e. The first-order chi connectivity index (χ1) is 18.9.